The second-order valence-corrected chi connectivity index (χ2v) is 8.75. The summed E-state index contributed by atoms with van der Waals surface area (Å²) in [7, 11) is 1.56. The molecule has 9 nitrogen and oxygen atoms in total. The number of fused-ring (bicyclic) bond motifs is 1. The van der Waals surface area contributed by atoms with Gasteiger partial charge in [-0.1, -0.05) is 11.6 Å². The number of alkyl halides is 3. The highest BCUT2D eigenvalue weighted by Crippen LogP contribution is 2.44. The van der Waals surface area contributed by atoms with Crippen LogP contribution in [-0.4, -0.2) is 36.4 Å². The Hall–Kier alpha value is -3.45. The highest BCUT2D eigenvalue weighted by Gasteiger charge is 2.35. The number of anilines is 1. The monoisotopic (exact) mass is 511 g/mol. The number of rotatable bonds is 5. The van der Waals surface area contributed by atoms with Gasteiger partial charge in [0.15, 0.2) is 5.69 Å². The van der Waals surface area contributed by atoms with Crippen molar-refractivity contribution >= 4 is 50.7 Å². The predicted octanol–water partition coefficient (Wildman–Crippen LogP) is 4.25. The molecule has 0 aliphatic rings. The number of nitrogens with one attached hydrogen (secondary N) is 1. The van der Waals surface area contributed by atoms with E-state index in [1.54, 1.807) is 24.9 Å². The van der Waals surface area contributed by atoms with Crippen LogP contribution in [0.1, 0.15) is 38.5 Å². The summed E-state index contributed by atoms with van der Waals surface area (Å²) < 4.78 is 43.9. The molecule has 0 saturated heterocycles. The summed E-state index contributed by atoms with van der Waals surface area (Å²) in [6.45, 7) is 3.96. The Balaban J connectivity index is 2.02. The maximum absolute atomic E-state index is 13.7. The summed E-state index contributed by atoms with van der Waals surface area (Å²) in [6.07, 6.45) is -1.76. The van der Waals surface area contributed by atoms with E-state index in [1.807, 2.05) is 6.92 Å². The number of thiophene rings is 1. The first kappa shape index (κ1) is 23.7. The molecule has 0 aromatic carbocycles. The standard InChI is InChI=1S/C20H17ClF3N7O2S/c1-4-31-6-10(8(2)28-31)9-5-12(20(22,23)24)26-19-13(9)15(16(34-19)17(25)32)27-18(33)14-11(21)7-30(3)29-14/h5-7H,4H2,1-3H3,(H2,25,32)(H,27,33). The second kappa shape index (κ2) is 8.40. The predicted molar refractivity (Wildman–Crippen MR) is 121 cm³/mol. The average molecular weight is 512 g/mol. The lowest BCUT2D eigenvalue weighted by atomic mass is 10.0. The molecule has 4 rings (SSSR count). The van der Waals surface area contributed by atoms with Gasteiger partial charge >= 0.3 is 6.18 Å². The van der Waals surface area contributed by atoms with Crippen LogP contribution < -0.4 is 11.1 Å². The van der Waals surface area contributed by atoms with Gasteiger partial charge in [-0.05, 0) is 25.5 Å². The SMILES string of the molecule is CCn1cc(-c2cc(C(F)(F)F)nc3sc(C(N)=O)c(NC(=O)c4nn(C)cc4Cl)c23)c(C)n1. The molecule has 0 saturated carbocycles. The van der Waals surface area contributed by atoms with Crippen LogP contribution in [0.25, 0.3) is 21.3 Å². The highest BCUT2D eigenvalue weighted by atomic mass is 35.5. The van der Waals surface area contributed by atoms with Gasteiger partial charge in [-0.15, -0.1) is 11.3 Å². The van der Waals surface area contributed by atoms with Gasteiger partial charge in [-0.2, -0.15) is 23.4 Å². The Morgan fingerprint density at radius 2 is 1.94 bits per heavy atom. The molecule has 0 atom stereocenters. The first-order chi connectivity index (χ1) is 15.9. The summed E-state index contributed by atoms with van der Waals surface area (Å²) in [5, 5.41) is 11.0. The van der Waals surface area contributed by atoms with Gasteiger partial charge in [0.2, 0.25) is 0 Å². The van der Waals surface area contributed by atoms with Crippen LogP contribution in [0, 0.1) is 6.92 Å². The molecule has 3 N–H and O–H groups in total. The molecule has 0 fully saturated rings. The number of nitrogens with zero attached hydrogens (tertiary/aromatic N) is 5. The van der Waals surface area contributed by atoms with Crippen LogP contribution >= 0.6 is 22.9 Å². The topological polar surface area (TPSA) is 121 Å². The van der Waals surface area contributed by atoms with Crippen molar-refractivity contribution in [3.63, 3.8) is 0 Å². The summed E-state index contributed by atoms with van der Waals surface area (Å²) in [5.74, 6) is -1.70. The van der Waals surface area contributed by atoms with Crippen molar-refractivity contribution in [2.24, 2.45) is 12.8 Å². The molecular weight excluding hydrogens is 495 g/mol. The fourth-order valence-corrected chi connectivity index (χ4v) is 4.75. The number of amides is 2. The molecule has 0 spiro atoms. The van der Waals surface area contributed by atoms with Crippen LogP contribution in [0.15, 0.2) is 18.5 Å². The minimum atomic E-state index is -4.75. The number of hydrogen-bond donors (Lipinski definition) is 2. The molecule has 0 aliphatic heterocycles. The largest absolute Gasteiger partial charge is 0.433 e. The minimum absolute atomic E-state index is 0.0536. The van der Waals surface area contributed by atoms with Crippen molar-refractivity contribution < 1.29 is 22.8 Å². The van der Waals surface area contributed by atoms with E-state index in [2.05, 4.69) is 20.5 Å². The molecule has 0 radical (unpaired) electrons. The maximum Gasteiger partial charge on any atom is 0.433 e. The van der Waals surface area contributed by atoms with Gasteiger partial charge in [0.1, 0.15) is 15.4 Å². The van der Waals surface area contributed by atoms with Gasteiger partial charge < -0.3 is 11.1 Å². The van der Waals surface area contributed by atoms with E-state index in [4.69, 9.17) is 17.3 Å². The molecule has 4 aromatic rings. The van der Waals surface area contributed by atoms with Crippen molar-refractivity contribution in [2.75, 3.05) is 5.32 Å². The third kappa shape index (κ3) is 4.12. The lowest BCUT2D eigenvalue weighted by molar-refractivity contribution is -0.140. The molecule has 14 heteroatoms. The maximum atomic E-state index is 13.7. The van der Waals surface area contributed by atoms with Crippen molar-refractivity contribution in [2.45, 2.75) is 26.6 Å². The number of primary amides is 1. The minimum Gasteiger partial charge on any atom is -0.365 e. The Morgan fingerprint density at radius 1 is 1.24 bits per heavy atom. The molecule has 0 bridgehead atoms. The Bertz CT molecular complexity index is 1450. The normalized spacial score (nSPS) is 11.9. The van der Waals surface area contributed by atoms with Crippen LogP contribution in [0.3, 0.4) is 0 Å². The highest BCUT2D eigenvalue weighted by molar-refractivity contribution is 7.21. The van der Waals surface area contributed by atoms with Gasteiger partial charge in [0, 0.05) is 36.9 Å². The average Bonchev–Trinajstić information content (AvgIpc) is 3.41. The number of carbonyl (C=O) groups excluding carboxylic acids is 2. The number of aryl methyl sites for hydroxylation is 3. The molecular formula is C20H17ClF3N7O2S. The number of pyridine rings is 1. The van der Waals surface area contributed by atoms with Crippen molar-refractivity contribution in [1.29, 1.82) is 0 Å². The number of carbonyl (C=O) groups is 2. The first-order valence-corrected chi connectivity index (χ1v) is 11.0. The lowest BCUT2D eigenvalue weighted by Gasteiger charge is -2.11. The fourth-order valence-electron chi connectivity index (χ4n) is 3.48. The summed E-state index contributed by atoms with van der Waals surface area (Å²) in [6, 6.07) is 0.868. The molecule has 2 amide bonds. The third-order valence-corrected chi connectivity index (χ3v) is 6.35. The number of aromatic nitrogens is 5. The molecule has 178 valence electrons. The van der Waals surface area contributed by atoms with E-state index in [1.165, 1.54) is 10.9 Å². The zero-order valence-electron chi connectivity index (χ0n) is 18.0. The fraction of sp³-hybridized carbons (Fsp3) is 0.250. The van der Waals surface area contributed by atoms with Gasteiger partial charge in [0.25, 0.3) is 11.8 Å². The Labute approximate surface area is 199 Å². The third-order valence-electron chi connectivity index (χ3n) is 4.97. The first-order valence-electron chi connectivity index (χ1n) is 9.80. The Kier molecular flexibility index (Phi) is 5.85. The van der Waals surface area contributed by atoms with E-state index in [0.717, 1.165) is 6.07 Å². The van der Waals surface area contributed by atoms with Crippen molar-refractivity contribution in [3.8, 4) is 11.1 Å². The van der Waals surface area contributed by atoms with E-state index >= 15 is 0 Å². The Morgan fingerprint density at radius 3 is 2.47 bits per heavy atom. The van der Waals surface area contributed by atoms with Crippen molar-refractivity contribution in [3.05, 3.63) is 45.4 Å². The van der Waals surface area contributed by atoms with E-state index in [0.29, 0.717) is 29.1 Å². The number of hydrogen-bond acceptors (Lipinski definition) is 6. The number of nitrogens with two attached hydrogens (primary N) is 1. The molecule has 4 heterocycles. The smallest absolute Gasteiger partial charge is 0.365 e. The summed E-state index contributed by atoms with van der Waals surface area (Å²) in [4.78, 5) is 28.5. The van der Waals surface area contributed by atoms with Gasteiger partial charge in [-0.25, -0.2) is 4.98 Å². The molecule has 0 aliphatic carbocycles. The lowest BCUT2D eigenvalue weighted by Crippen LogP contribution is -2.17. The van der Waals surface area contributed by atoms with Crippen LogP contribution in [0.2, 0.25) is 5.02 Å². The quantitative estimate of drug-likeness (QED) is 0.415. The van der Waals surface area contributed by atoms with E-state index in [-0.39, 0.29) is 37.1 Å². The second-order valence-electron chi connectivity index (χ2n) is 7.34. The van der Waals surface area contributed by atoms with Gasteiger partial charge in [-0.3, -0.25) is 19.0 Å². The van der Waals surface area contributed by atoms with E-state index < -0.39 is 23.7 Å². The molecule has 0 unspecified atom stereocenters. The summed E-state index contributed by atoms with van der Waals surface area (Å²) in [5.41, 5.74) is 5.10. The molecule has 34 heavy (non-hydrogen) atoms. The van der Waals surface area contributed by atoms with Crippen LogP contribution in [0.4, 0.5) is 18.9 Å². The number of halogens is 4. The van der Waals surface area contributed by atoms with Crippen LogP contribution in [0.5, 0.6) is 0 Å². The van der Waals surface area contributed by atoms with Crippen LogP contribution in [-0.2, 0) is 19.8 Å². The van der Waals surface area contributed by atoms with Crippen molar-refractivity contribution in [1.82, 2.24) is 24.5 Å². The zero-order valence-corrected chi connectivity index (χ0v) is 19.6. The zero-order chi connectivity index (χ0) is 24.9. The molecule has 4 aromatic heterocycles. The van der Waals surface area contributed by atoms with Gasteiger partial charge in [0.05, 0.1) is 16.4 Å². The summed E-state index contributed by atoms with van der Waals surface area (Å²) >= 11 is 6.71. The van der Waals surface area contributed by atoms with E-state index in [9.17, 15) is 22.8 Å².